The molecule has 11 heteroatoms. The molecule has 2 aromatic rings. The van der Waals surface area contributed by atoms with Crippen LogP contribution in [0.15, 0.2) is 36.4 Å². The Morgan fingerprint density at radius 3 is 2.56 bits per heavy atom. The molecular formula is C21H24Cl2N2O5S2. The number of thioether (sulfide) groups is 1. The molecule has 0 spiro atoms. The minimum absolute atomic E-state index is 0.131. The SMILES string of the molecule is CCS(=O)(=O)N(CC(=O)NCCSCc1ccc(Cl)c(Cl)c1)c1ccc2c(c1)OCCO2. The summed E-state index contributed by atoms with van der Waals surface area (Å²) in [5.41, 5.74) is 1.40. The van der Waals surface area contributed by atoms with Gasteiger partial charge in [0, 0.05) is 24.1 Å². The van der Waals surface area contributed by atoms with Crippen molar-refractivity contribution in [2.45, 2.75) is 12.7 Å². The second-order valence-electron chi connectivity index (χ2n) is 6.89. The molecule has 3 rings (SSSR count). The highest BCUT2D eigenvalue weighted by atomic mass is 35.5. The molecule has 1 aliphatic rings. The summed E-state index contributed by atoms with van der Waals surface area (Å²) < 4.78 is 37.4. The van der Waals surface area contributed by atoms with Crippen molar-refractivity contribution in [3.8, 4) is 11.5 Å². The lowest BCUT2D eigenvalue weighted by Crippen LogP contribution is -2.42. The van der Waals surface area contributed by atoms with Crippen LogP contribution in [0.25, 0.3) is 0 Å². The van der Waals surface area contributed by atoms with Gasteiger partial charge in [-0.15, -0.1) is 0 Å². The van der Waals surface area contributed by atoms with Crippen LogP contribution in [-0.2, 0) is 20.6 Å². The Labute approximate surface area is 202 Å². The fraction of sp³-hybridized carbons (Fsp3) is 0.381. The molecule has 7 nitrogen and oxygen atoms in total. The number of anilines is 1. The molecule has 1 heterocycles. The first kappa shape index (κ1) is 24.8. The van der Waals surface area contributed by atoms with Crippen LogP contribution in [0.5, 0.6) is 11.5 Å². The summed E-state index contributed by atoms with van der Waals surface area (Å²) in [6.07, 6.45) is 0. The fourth-order valence-corrected chi connectivity index (χ4v) is 5.15. The number of hydrogen-bond donors (Lipinski definition) is 1. The molecule has 0 aromatic heterocycles. The highest BCUT2D eigenvalue weighted by molar-refractivity contribution is 7.98. The number of carbonyl (C=O) groups excluding carboxylic acids is 1. The topological polar surface area (TPSA) is 84.9 Å². The standard InChI is InChI=1S/C21H24Cl2N2O5S2/c1-2-32(27,28)25(16-4-6-19-20(12-16)30-9-8-29-19)13-21(26)24-7-10-31-14-15-3-5-17(22)18(23)11-15/h3-6,11-12H,2,7-10,13-14H2,1H3,(H,24,26). The average Bonchev–Trinajstić information content (AvgIpc) is 2.79. The third-order valence-corrected chi connectivity index (χ3v) is 8.13. The number of nitrogens with zero attached hydrogens (tertiary/aromatic N) is 1. The molecule has 0 atom stereocenters. The Hall–Kier alpha value is -1.81. The number of amides is 1. The second kappa shape index (κ2) is 11.4. The molecule has 0 aliphatic carbocycles. The summed E-state index contributed by atoms with van der Waals surface area (Å²) in [4.78, 5) is 12.5. The van der Waals surface area contributed by atoms with Crippen molar-refractivity contribution < 1.29 is 22.7 Å². The van der Waals surface area contributed by atoms with Crippen LogP contribution >= 0.6 is 35.0 Å². The molecule has 1 amide bonds. The first-order valence-electron chi connectivity index (χ1n) is 9.98. The predicted octanol–water partition coefficient (Wildman–Crippen LogP) is 3.97. The fourth-order valence-electron chi connectivity index (χ4n) is 2.96. The van der Waals surface area contributed by atoms with Crippen molar-refractivity contribution in [2.75, 3.05) is 42.1 Å². The molecule has 2 aromatic carbocycles. The monoisotopic (exact) mass is 518 g/mol. The van der Waals surface area contributed by atoms with Crippen LogP contribution in [-0.4, -0.2) is 52.1 Å². The van der Waals surface area contributed by atoms with Crippen LogP contribution < -0.4 is 19.1 Å². The summed E-state index contributed by atoms with van der Waals surface area (Å²) in [6, 6.07) is 10.3. The highest BCUT2D eigenvalue weighted by Gasteiger charge is 2.25. The summed E-state index contributed by atoms with van der Waals surface area (Å²) >= 11 is 13.6. The van der Waals surface area contributed by atoms with Gasteiger partial charge in [-0.05, 0) is 36.8 Å². The summed E-state index contributed by atoms with van der Waals surface area (Å²) in [6.45, 7) is 2.46. The number of halogens is 2. The van der Waals surface area contributed by atoms with Crippen molar-refractivity contribution in [2.24, 2.45) is 0 Å². The van der Waals surface area contributed by atoms with Gasteiger partial charge in [0.2, 0.25) is 15.9 Å². The smallest absolute Gasteiger partial charge is 0.240 e. The lowest BCUT2D eigenvalue weighted by atomic mass is 10.2. The molecule has 0 unspecified atom stereocenters. The van der Waals surface area contributed by atoms with E-state index in [1.807, 2.05) is 12.1 Å². The number of benzene rings is 2. The Kier molecular flexibility index (Phi) is 8.81. The van der Waals surface area contributed by atoms with Crippen LogP contribution in [0.3, 0.4) is 0 Å². The van der Waals surface area contributed by atoms with Crippen molar-refractivity contribution in [3.63, 3.8) is 0 Å². The van der Waals surface area contributed by atoms with E-state index in [2.05, 4.69) is 5.32 Å². The molecule has 0 bridgehead atoms. The maximum atomic E-state index is 12.6. The van der Waals surface area contributed by atoms with Gasteiger partial charge in [0.15, 0.2) is 11.5 Å². The predicted molar refractivity (Wildman–Crippen MR) is 130 cm³/mol. The molecule has 32 heavy (non-hydrogen) atoms. The molecular weight excluding hydrogens is 495 g/mol. The molecule has 1 aliphatic heterocycles. The van der Waals surface area contributed by atoms with E-state index in [4.69, 9.17) is 32.7 Å². The van der Waals surface area contributed by atoms with Crippen molar-refractivity contribution in [1.82, 2.24) is 5.32 Å². The van der Waals surface area contributed by atoms with Crippen LogP contribution in [0.1, 0.15) is 12.5 Å². The lowest BCUT2D eigenvalue weighted by molar-refractivity contribution is -0.119. The second-order valence-corrected chi connectivity index (χ2v) is 11.0. The van der Waals surface area contributed by atoms with Gasteiger partial charge < -0.3 is 14.8 Å². The van der Waals surface area contributed by atoms with Gasteiger partial charge in [0.05, 0.1) is 21.5 Å². The van der Waals surface area contributed by atoms with Gasteiger partial charge in [0.1, 0.15) is 19.8 Å². The van der Waals surface area contributed by atoms with Gasteiger partial charge in [-0.3, -0.25) is 9.10 Å². The average molecular weight is 519 g/mol. The van der Waals surface area contributed by atoms with Gasteiger partial charge in [-0.25, -0.2) is 8.42 Å². The Bertz CT molecular complexity index is 1070. The quantitative estimate of drug-likeness (QED) is 0.479. The third kappa shape index (κ3) is 6.60. The van der Waals surface area contributed by atoms with E-state index in [9.17, 15) is 13.2 Å². The maximum absolute atomic E-state index is 12.6. The molecule has 0 fully saturated rings. The molecule has 0 saturated carbocycles. The van der Waals surface area contributed by atoms with E-state index >= 15 is 0 Å². The van der Waals surface area contributed by atoms with E-state index in [0.29, 0.717) is 52.7 Å². The van der Waals surface area contributed by atoms with E-state index < -0.39 is 10.0 Å². The Morgan fingerprint density at radius 2 is 1.84 bits per heavy atom. The van der Waals surface area contributed by atoms with Crippen molar-refractivity contribution in [3.05, 3.63) is 52.0 Å². The largest absolute Gasteiger partial charge is 0.486 e. The zero-order valence-corrected chi connectivity index (χ0v) is 20.6. The van der Waals surface area contributed by atoms with E-state index in [1.165, 1.54) is 6.92 Å². The molecule has 0 saturated heterocycles. The summed E-state index contributed by atoms with van der Waals surface area (Å²) in [5, 5.41) is 3.80. The zero-order valence-electron chi connectivity index (χ0n) is 17.5. The minimum atomic E-state index is -3.67. The van der Waals surface area contributed by atoms with E-state index in [0.717, 1.165) is 15.6 Å². The third-order valence-electron chi connectivity index (χ3n) is 4.62. The maximum Gasteiger partial charge on any atom is 0.240 e. The summed E-state index contributed by atoms with van der Waals surface area (Å²) in [5.74, 6) is 1.89. The van der Waals surface area contributed by atoms with Gasteiger partial charge in [0.25, 0.3) is 0 Å². The number of sulfonamides is 1. The molecule has 0 radical (unpaired) electrons. The number of ether oxygens (including phenoxy) is 2. The molecule has 174 valence electrons. The molecule has 1 N–H and O–H groups in total. The normalized spacial score (nSPS) is 13.0. The van der Waals surface area contributed by atoms with E-state index in [1.54, 1.807) is 36.0 Å². The van der Waals surface area contributed by atoms with Crippen LogP contribution in [0.4, 0.5) is 5.69 Å². The zero-order chi connectivity index (χ0) is 23.1. The lowest BCUT2D eigenvalue weighted by Gasteiger charge is -2.25. The van der Waals surface area contributed by atoms with Crippen molar-refractivity contribution in [1.29, 1.82) is 0 Å². The Balaban J connectivity index is 1.54. The minimum Gasteiger partial charge on any atom is -0.486 e. The highest BCUT2D eigenvalue weighted by Crippen LogP contribution is 2.34. The number of fused-ring (bicyclic) bond motifs is 1. The van der Waals surface area contributed by atoms with Crippen LogP contribution in [0, 0.1) is 0 Å². The van der Waals surface area contributed by atoms with Crippen LogP contribution in [0.2, 0.25) is 10.0 Å². The Morgan fingerprint density at radius 1 is 1.09 bits per heavy atom. The van der Waals surface area contributed by atoms with Gasteiger partial charge in [-0.1, -0.05) is 29.3 Å². The number of carbonyl (C=O) groups is 1. The van der Waals surface area contributed by atoms with Gasteiger partial charge in [-0.2, -0.15) is 11.8 Å². The van der Waals surface area contributed by atoms with Crippen molar-refractivity contribution >= 4 is 56.6 Å². The first-order valence-corrected chi connectivity index (χ1v) is 13.5. The van der Waals surface area contributed by atoms with E-state index in [-0.39, 0.29) is 18.2 Å². The number of rotatable bonds is 10. The van der Waals surface area contributed by atoms with Gasteiger partial charge >= 0.3 is 0 Å². The number of nitrogens with one attached hydrogen (secondary N) is 1. The number of hydrogen-bond acceptors (Lipinski definition) is 6. The summed E-state index contributed by atoms with van der Waals surface area (Å²) in [7, 11) is -3.67. The first-order chi connectivity index (χ1) is 15.3.